The largest absolute Gasteiger partial charge is 0.577 e. The molecule has 1 aromatic rings. The molecule has 0 unspecified atom stereocenters. The van der Waals surface area contributed by atoms with Gasteiger partial charge in [-0.2, -0.15) is 5.10 Å². The molecule has 0 fully saturated rings. The highest BCUT2D eigenvalue weighted by atomic mass is 19.4. The average Bonchev–Trinajstić information content (AvgIpc) is 2.34. The van der Waals surface area contributed by atoms with E-state index in [0.717, 1.165) is 6.07 Å². The number of rotatable bonds is 1. The minimum Gasteiger partial charge on any atom is -0.376 e. The highest BCUT2D eigenvalue weighted by molar-refractivity contribution is 5.63. The second kappa shape index (κ2) is 3.33. The van der Waals surface area contributed by atoms with Gasteiger partial charge in [0, 0.05) is 6.07 Å². The lowest BCUT2D eigenvalue weighted by molar-refractivity contribution is -0.296. The Morgan fingerprint density at radius 2 is 2.23 bits per heavy atom. The van der Waals surface area contributed by atoms with Gasteiger partial charge in [0.2, 0.25) is 5.88 Å². The van der Waals surface area contributed by atoms with E-state index in [9.17, 15) is 18.0 Å². The fourth-order valence-corrected chi connectivity index (χ4v) is 0.505. The summed E-state index contributed by atoms with van der Waals surface area (Å²) in [6, 6.07) is 1.16. The first kappa shape index (κ1) is 9.36. The zero-order valence-electron chi connectivity index (χ0n) is 5.96. The Bertz CT molecular complexity index is 282. The van der Waals surface area contributed by atoms with Crippen LogP contribution in [-0.4, -0.2) is 22.7 Å². The van der Waals surface area contributed by atoms with Gasteiger partial charge in [0.1, 0.15) is 0 Å². The molecule has 0 amide bonds. The second-order valence-corrected chi connectivity index (χ2v) is 1.82. The maximum absolute atomic E-state index is 11.4. The van der Waals surface area contributed by atoms with E-state index in [1.165, 1.54) is 6.20 Å². The Labute approximate surface area is 69.4 Å². The number of carbonyl (C=O) groups excluding carboxylic acids is 1. The number of nitrogens with zero attached hydrogens (tertiary/aromatic N) is 1. The number of aromatic nitrogens is 2. The van der Waals surface area contributed by atoms with Gasteiger partial charge in [0.15, 0.2) is 0 Å². The topological polar surface area (TPSA) is 64.2 Å². The SMILES string of the molecule is O=C(Oc1ccn[nH]1)OC(F)(F)F. The van der Waals surface area contributed by atoms with Gasteiger partial charge in [-0.3, -0.25) is 0 Å². The zero-order chi connectivity index (χ0) is 9.90. The van der Waals surface area contributed by atoms with E-state index >= 15 is 0 Å². The van der Waals surface area contributed by atoms with Gasteiger partial charge in [0.25, 0.3) is 0 Å². The molecule has 0 aliphatic rings. The summed E-state index contributed by atoms with van der Waals surface area (Å²) in [4.78, 5) is 10.3. The molecule has 13 heavy (non-hydrogen) atoms. The van der Waals surface area contributed by atoms with E-state index in [1.54, 1.807) is 0 Å². The molecule has 1 N–H and O–H groups in total. The quantitative estimate of drug-likeness (QED) is 0.690. The summed E-state index contributed by atoms with van der Waals surface area (Å²) in [5.74, 6) is -0.228. The molecule has 0 atom stereocenters. The van der Waals surface area contributed by atoms with Crippen LogP contribution in [0.3, 0.4) is 0 Å². The van der Waals surface area contributed by atoms with E-state index in [4.69, 9.17) is 0 Å². The number of hydrogen-bond acceptors (Lipinski definition) is 4. The molecule has 72 valence electrons. The number of halogens is 3. The first-order valence-electron chi connectivity index (χ1n) is 2.94. The fourth-order valence-electron chi connectivity index (χ4n) is 0.505. The molecular weight excluding hydrogens is 193 g/mol. The Morgan fingerprint density at radius 1 is 1.54 bits per heavy atom. The predicted molar refractivity (Wildman–Crippen MR) is 31.8 cm³/mol. The monoisotopic (exact) mass is 196 g/mol. The van der Waals surface area contributed by atoms with Crippen LogP contribution in [0.15, 0.2) is 12.3 Å². The van der Waals surface area contributed by atoms with Crippen molar-refractivity contribution in [3.63, 3.8) is 0 Å². The van der Waals surface area contributed by atoms with Gasteiger partial charge >= 0.3 is 12.5 Å². The molecule has 0 spiro atoms. The van der Waals surface area contributed by atoms with Crippen molar-refractivity contribution >= 4 is 6.16 Å². The Kier molecular flexibility index (Phi) is 2.40. The Balaban J connectivity index is 2.43. The van der Waals surface area contributed by atoms with E-state index in [2.05, 4.69) is 19.7 Å². The first-order valence-corrected chi connectivity index (χ1v) is 2.94. The third kappa shape index (κ3) is 3.45. The van der Waals surface area contributed by atoms with Crippen molar-refractivity contribution in [1.82, 2.24) is 10.2 Å². The van der Waals surface area contributed by atoms with Crippen molar-refractivity contribution in [1.29, 1.82) is 0 Å². The molecule has 1 heterocycles. The van der Waals surface area contributed by atoms with Crippen molar-refractivity contribution in [2.75, 3.05) is 0 Å². The molecule has 8 heteroatoms. The molecule has 0 saturated heterocycles. The molecule has 0 radical (unpaired) electrons. The molecule has 1 aromatic heterocycles. The molecule has 0 bridgehead atoms. The molecule has 0 saturated carbocycles. The highest BCUT2D eigenvalue weighted by Crippen LogP contribution is 2.17. The second-order valence-electron chi connectivity index (χ2n) is 1.82. The summed E-state index contributed by atoms with van der Waals surface area (Å²) in [5, 5.41) is 5.45. The summed E-state index contributed by atoms with van der Waals surface area (Å²) >= 11 is 0. The van der Waals surface area contributed by atoms with Crippen molar-refractivity contribution in [3.8, 4) is 5.88 Å². The number of carbonyl (C=O) groups is 1. The van der Waals surface area contributed by atoms with Gasteiger partial charge in [0.05, 0.1) is 6.20 Å². The van der Waals surface area contributed by atoms with E-state index < -0.39 is 12.5 Å². The number of ether oxygens (including phenoxy) is 2. The van der Waals surface area contributed by atoms with E-state index in [0.29, 0.717) is 0 Å². The lowest BCUT2D eigenvalue weighted by Gasteiger charge is -2.05. The van der Waals surface area contributed by atoms with Crippen LogP contribution in [0.2, 0.25) is 0 Å². The maximum Gasteiger partial charge on any atom is 0.577 e. The average molecular weight is 196 g/mol. The number of aromatic amines is 1. The summed E-state index contributed by atoms with van der Waals surface area (Å²) in [6.07, 6.45) is -5.70. The lowest BCUT2D eigenvalue weighted by Crippen LogP contribution is -2.22. The van der Waals surface area contributed by atoms with Gasteiger partial charge in [-0.05, 0) is 0 Å². The molecular formula is C5H3F3N2O3. The standard InChI is InChI=1S/C5H3F3N2O3/c6-5(7,8)13-4(11)12-3-1-2-9-10-3/h1-2H,(H,9,10). The van der Waals surface area contributed by atoms with Gasteiger partial charge in [-0.15, -0.1) is 13.2 Å². The van der Waals surface area contributed by atoms with E-state index in [-0.39, 0.29) is 5.88 Å². The third-order valence-electron chi connectivity index (χ3n) is 0.868. The summed E-state index contributed by atoms with van der Waals surface area (Å²) < 4.78 is 41.1. The van der Waals surface area contributed by atoms with Crippen molar-refractivity contribution < 1.29 is 27.4 Å². The molecule has 0 aliphatic heterocycles. The predicted octanol–water partition coefficient (Wildman–Crippen LogP) is 1.44. The van der Waals surface area contributed by atoms with Crippen LogP contribution in [0.5, 0.6) is 5.88 Å². The Hall–Kier alpha value is -1.73. The van der Waals surface area contributed by atoms with Crippen molar-refractivity contribution in [2.45, 2.75) is 6.36 Å². The van der Waals surface area contributed by atoms with Crippen molar-refractivity contribution in [3.05, 3.63) is 12.3 Å². The van der Waals surface area contributed by atoms with E-state index in [1.807, 2.05) is 0 Å². The summed E-state index contributed by atoms with van der Waals surface area (Å²) in [5.41, 5.74) is 0. The molecule has 5 nitrogen and oxygen atoms in total. The number of alkyl halides is 3. The minimum atomic E-state index is -5.04. The van der Waals surface area contributed by atoms with Gasteiger partial charge in [-0.1, -0.05) is 0 Å². The summed E-state index contributed by atoms with van der Waals surface area (Å²) in [7, 11) is 0. The first-order chi connectivity index (χ1) is 5.97. The van der Waals surface area contributed by atoms with Crippen molar-refractivity contribution in [2.24, 2.45) is 0 Å². The van der Waals surface area contributed by atoms with Crippen LogP contribution in [0.4, 0.5) is 18.0 Å². The lowest BCUT2D eigenvalue weighted by atomic mass is 10.7. The minimum absolute atomic E-state index is 0.228. The fraction of sp³-hybridized carbons (Fsp3) is 0.200. The molecule has 0 aliphatic carbocycles. The maximum atomic E-state index is 11.4. The van der Waals surface area contributed by atoms with Gasteiger partial charge in [-0.25, -0.2) is 9.89 Å². The van der Waals surface area contributed by atoms with Crippen LogP contribution in [0, 0.1) is 0 Å². The third-order valence-corrected chi connectivity index (χ3v) is 0.868. The Morgan fingerprint density at radius 3 is 2.69 bits per heavy atom. The van der Waals surface area contributed by atoms with Crippen LogP contribution >= 0.6 is 0 Å². The van der Waals surface area contributed by atoms with Crippen LogP contribution in [0.25, 0.3) is 0 Å². The number of H-pyrrole nitrogens is 1. The van der Waals surface area contributed by atoms with Crippen LogP contribution < -0.4 is 4.74 Å². The molecule has 0 aromatic carbocycles. The number of hydrogen-bond donors (Lipinski definition) is 1. The summed E-state index contributed by atoms with van der Waals surface area (Å²) in [6.45, 7) is 0. The number of nitrogens with one attached hydrogen (secondary N) is 1. The van der Waals surface area contributed by atoms with Crippen LogP contribution in [0.1, 0.15) is 0 Å². The normalized spacial score (nSPS) is 11.0. The zero-order valence-corrected chi connectivity index (χ0v) is 5.96. The van der Waals surface area contributed by atoms with Gasteiger partial charge < -0.3 is 9.47 Å². The smallest absolute Gasteiger partial charge is 0.376 e. The molecule has 1 rings (SSSR count). The van der Waals surface area contributed by atoms with Crippen LogP contribution in [-0.2, 0) is 4.74 Å². The highest BCUT2D eigenvalue weighted by Gasteiger charge is 2.35.